The van der Waals surface area contributed by atoms with Crippen molar-refractivity contribution in [1.29, 1.82) is 0 Å². The van der Waals surface area contributed by atoms with Crippen LogP contribution in [0.1, 0.15) is 41.4 Å². The van der Waals surface area contributed by atoms with Gasteiger partial charge in [0.15, 0.2) is 0 Å². The quantitative estimate of drug-likeness (QED) is 0.783. The maximum Gasteiger partial charge on any atom is 0.314 e. The summed E-state index contributed by atoms with van der Waals surface area (Å²) in [6.07, 6.45) is 1.49. The minimum atomic E-state index is -0.931. The maximum absolute atomic E-state index is 13.3. The zero-order valence-electron chi connectivity index (χ0n) is 16.7. The Morgan fingerprint density at radius 1 is 1.21 bits per heavy atom. The molecule has 2 heterocycles. The Labute approximate surface area is 168 Å². The number of rotatable bonds is 5. The number of H-pyrrole nitrogens is 1. The number of aromatic nitrogens is 1. The summed E-state index contributed by atoms with van der Waals surface area (Å²) in [5, 5.41) is 0. The van der Waals surface area contributed by atoms with Crippen LogP contribution < -0.4 is 5.56 Å². The highest BCUT2D eigenvalue weighted by atomic mass is 19.1. The van der Waals surface area contributed by atoms with Gasteiger partial charge in [0.05, 0.1) is 12.0 Å². The van der Waals surface area contributed by atoms with Gasteiger partial charge in [0.1, 0.15) is 11.4 Å². The molecule has 1 aliphatic heterocycles. The Morgan fingerprint density at radius 3 is 2.59 bits per heavy atom. The fourth-order valence-corrected chi connectivity index (χ4v) is 3.88. The van der Waals surface area contributed by atoms with Crippen molar-refractivity contribution >= 4 is 11.9 Å². The highest BCUT2D eigenvalue weighted by Gasteiger charge is 2.45. The summed E-state index contributed by atoms with van der Waals surface area (Å²) in [4.78, 5) is 42.3. The van der Waals surface area contributed by atoms with Crippen LogP contribution in [0.2, 0.25) is 0 Å². The Kier molecular flexibility index (Phi) is 6.15. The summed E-state index contributed by atoms with van der Waals surface area (Å²) < 4.78 is 18.6. The van der Waals surface area contributed by atoms with E-state index < -0.39 is 16.9 Å². The highest BCUT2D eigenvalue weighted by Crippen LogP contribution is 2.36. The molecule has 1 aliphatic rings. The Morgan fingerprint density at radius 2 is 1.93 bits per heavy atom. The molecule has 1 atom stereocenters. The minimum absolute atomic E-state index is 0.0528. The van der Waals surface area contributed by atoms with Gasteiger partial charge in [-0.2, -0.15) is 0 Å². The molecule has 1 N–H and O–H groups in total. The molecule has 7 heteroatoms. The van der Waals surface area contributed by atoms with E-state index >= 15 is 0 Å². The Balaban J connectivity index is 1.90. The smallest absolute Gasteiger partial charge is 0.314 e. The number of aryl methyl sites for hydroxylation is 1. The zero-order valence-corrected chi connectivity index (χ0v) is 16.7. The summed E-state index contributed by atoms with van der Waals surface area (Å²) in [5.41, 5.74) is 0.140. The van der Waals surface area contributed by atoms with Crippen molar-refractivity contribution in [2.75, 3.05) is 19.7 Å². The number of benzene rings is 1. The molecule has 3 rings (SSSR count). The number of nitrogens with one attached hydrogen (secondary N) is 1. The van der Waals surface area contributed by atoms with Crippen LogP contribution in [0.15, 0.2) is 41.2 Å². The number of likely N-dealkylation sites (tertiary alicyclic amines) is 1. The van der Waals surface area contributed by atoms with Crippen LogP contribution in [0.5, 0.6) is 0 Å². The van der Waals surface area contributed by atoms with Gasteiger partial charge in [-0.3, -0.25) is 14.4 Å². The predicted octanol–water partition coefficient (Wildman–Crippen LogP) is 2.85. The first-order chi connectivity index (χ1) is 13.8. The van der Waals surface area contributed by atoms with E-state index in [9.17, 15) is 18.8 Å². The first-order valence-corrected chi connectivity index (χ1v) is 9.75. The van der Waals surface area contributed by atoms with Crippen LogP contribution in [0, 0.1) is 18.2 Å². The van der Waals surface area contributed by atoms with Crippen molar-refractivity contribution in [1.82, 2.24) is 9.88 Å². The molecule has 154 valence electrons. The van der Waals surface area contributed by atoms with Crippen LogP contribution in [0.25, 0.3) is 0 Å². The first kappa shape index (κ1) is 20.8. The molecule has 0 spiro atoms. The monoisotopic (exact) mass is 400 g/mol. The number of esters is 1. The fourth-order valence-electron chi connectivity index (χ4n) is 3.88. The second-order valence-corrected chi connectivity index (χ2v) is 7.52. The van der Waals surface area contributed by atoms with E-state index in [1.54, 1.807) is 36.9 Å². The molecule has 0 unspecified atom stereocenters. The number of nitrogens with zero attached hydrogens (tertiary/aromatic N) is 1. The van der Waals surface area contributed by atoms with Crippen LogP contribution in [-0.2, 0) is 16.0 Å². The molecule has 6 nitrogen and oxygen atoms in total. The lowest BCUT2D eigenvalue weighted by Gasteiger charge is -2.41. The van der Waals surface area contributed by atoms with Crippen molar-refractivity contribution in [3.05, 3.63) is 69.4 Å². The van der Waals surface area contributed by atoms with Crippen molar-refractivity contribution in [3.8, 4) is 0 Å². The molecule has 1 fully saturated rings. The third-order valence-corrected chi connectivity index (χ3v) is 5.31. The highest BCUT2D eigenvalue weighted by molar-refractivity contribution is 5.94. The van der Waals surface area contributed by atoms with Crippen LogP contribution in [-0.4, -0.2) is 41.5 Å². The summed E-state index contributed by atoms with van der Waals surface area (Å²) in [6, 6.07) is 9.17. The number of amides is 1. The number of hydrogen-bond donors (Lipinski definition) is 1. The van der Waals surface area contributed by atoms with Gasteiger partial charge < -0.3 is 14.6 Å². The molecule has 1 aromatic heterocycles. The lowest BCUT2D eigenvalue weighted by molar-refractivity contribution is -0.158. The zero-order chi connectivity index (χ0) is 21.0. The number of pyridine rings is 1. The van der Waals surface area contributed by atoms with Gasteiger partial charge >= 0.3 is 5.97 Å². The van der Waals surface area contributed by atoms with Crippen LogP contribution >= 0.6 is 0 Å². The molecule has 2 aromatic rings. The van der Waals surface area contributed by atoms with E-state index in [1.165, 1.54) is 18.2 Å². The third kappa shape index (κ3) is 4.55. The largest absolute Gasteiger partial charge is 0.466 e. The Bertz CT molecular complexity index is 954. The van der Waals surface area contributed by atoms with Crippen molar-refractivity contribution in [2.24, 2.45) is 5.41 Å². The van der Waals surface area contributed by atoms with Crippen LogP contribution in [0.3, 0.4) is 0 Å². The number of carbonyl (C=O) groups excluding carboxylic acids is 2. The number of halogens is 1. The molecule has 29 heavy (non-hydrogen) atoms. The van der Waals surface area contributed by atoms with Gasteiger partial charge in [-0.25, -0.2) is 4.39 Å². The first-order valence-electron chi connectivity index (χ1n) is 9.75. The van der Waals surface area contributed by atoms with Gasteiger partial charge in [-0.05, 0) is 62.9 Å². The van der Waals surface area contributed by atoms with E-state index in [1.807, 2.05) is 0 Å². The van der Waals surface area contributed by atoms with Crippen molar-refractivity contribution in [2.45, 2.75) is 33.1 Å². The second-order valence-electron chi connectivity index (χ2n) is 7.52. The van der Waals surface area contributed by atoms with E-state index in [2.05, 4.69) is 4.98 Å². The summed E-state index contributed by atoms with van der Waals surface area (Å²) in [7, 11) is 0. The number of hydrogen-bond acceptors (Lipinski definition) is 4. The van der Waals surface area contributed by atoms with E-state index in [0.717, 1.165) is 5.56 Å². The van der Waals surface area contributed by atoms with Crippen LogP contribution in [0.4, 0.5) is 4.39 Å². The molecular weight excluding hydrogens is 375 g/mol. The molecular formula is C22H25FN2O4. The van der Waals surface area contributed by atoms with Gasteiger partial charge in [0.2, 0.25) is 0 Å². The maximum atomic E-state index is 13.3. The van der Waals surface area contributed by atoms with Gasteiger partial charge in [-0.15, -0.1) is 0 Å². The average Bonchev–Trinajstić information content (AvgIpc) is 2.70. The molecule has 1 aromatic carbocycles. The third-order valence-electron chi connectivity index (χ3n) is 5.31. The number of ether oxygens (including phenoxy) is 1. The average molecular weight is 400 g/mol. The lowest BCUT2D eigenvalue weighted by Crippen LogP contribution is -2.52. The standard InChI is InChI=1S/C22H25FN2O4/c1-3-29-21(28)22(13-16-6-8-17(23)9-7-16)11-4-12-25(14-22)20(27)18-10-5-15(2)24-19(18)26/h5-10H,3-4,11-14H2,1-2H3,(H,24,26)/t22-/m1/s1. The summed E-state index contributed by atoms with van der Waals surface area (Å²) >= 11 is 0. The topological polar surface area (TPSA) is 79.5 Å². The number of carbonyl (C=O) groups is 2. The minimum Gasteiger partial charge on any atom is -0.466 e. The molecule has 1 saturated heterocycles. The van der Waals surface area contributed by atoms with Gasteiger partial charge in [0.25, 0.3) is 11.5 Å². The molecule has 0 radical (unpaired) electrons. The van der Waals surface area contributed by atoms with Gasteiger partial charge in [-0.1, -0.05) is 12.1 Å². The van der Waals surface area contributed by atoms with Gasteiger partial charge in [0, 0.05) is 18.8 Å². The van der Waals surface area contributed by atoms with E-state index in [0.29, 0.717) is 31.5 Å². The van der Waals surface area contributed by atoms with Crippen molar-refractivity contribution in [3.63, 3.8) is 0 Å². The molecule has 0 aliphatic carbocycles. The molecule has 1 amide bonds. The van der Waals surface area contributed by atoms with Crippen molar-refractivity contribution < 1.29 is 18.7 Å². The Hall–Kier alpha value is -2.96. The SMILES string of the molecule is CCOC(=O)[C@@]1(Cc2ccc(F)cc2)CCCN(C(=O)c2ccc(C)[nH]c2=O)C1. The second kappa shape index (κ2) is 8.59. The molecule has 0 bridgehead atoms. The number of aromatic amines is 1. The summed E-state index contributed by atoms with van der Waals surface area (Å²) in [5.74, 6) is -1.13. The van der Waals surface area contributed by atoms with E-state index in [-0.39, 0.29) is 30.5 Å². The summed E-state index contributed by atoms with van der Waals surface area (Å²) in [6.45, 7) is 4.31. The normalized spacial score (nSPS) is 19.1. The predicted molar refractivity (Wildman–Crippen MR) is 106 cm³/mol. The fraction of sp³-hybridized carbons (Fsp3) is 0.409. The van der Waals surface area contributed by atoms with E-state index in [4.69, 9.17) is 4.74 Å². The molecule has 0 saturated carbocycles. The lowest BCUT2D eigenvalue weighted by atomic mass is 9.75. The number of piperidine rings is 1.